The Balaban J connectivity index is 1.64. The smallest absolute Gasteiger partial charge is 0.177 e. The van der Waals surface area contributed by atoms with Crippen LogP contribution in [0.2, 0.25) is 0 Å². The highest BCUT2D eigenvalue weighted by Gasteiger charge is 2.26. The lowest BCUT2D eigenvalue weighted by Gasteiger charge is -2.34. The summed E-state index contributed by atoms with van der Waals surface area (Å²) in [6.45, 7) is 3.01. The zero-order valence-electron chi connectivity index (χ0n) is 12.6. The zero-order chi connectivity index (χ0) is 14.9. The lowest BCUT2D eigenvalue weighted by molar-refractivity contribution is 0.381. The van der Waals surface area contributed by atoms with Gasteiger partial charge < -0.3 is 10.2 Å². The largest absolute Gasteiger partial charge is 0.370 e. The summed E-state index contributed by atoms with van der Waals surface area (Å²) >= 11 is 0. The second kappa shape index (κ2) is 5.97. The van der Waals surface area contributed by atoms with Crippen LogP contribution in [0.25, 0.3) is 0 Å². The fourth-order valence-corrected chi connectivity index (χ4v) is 3.93. The number of para-hydroxylation sites is 1. The van der Waals surface area contributed by atoms with Gasteiger partial charge in [0.05, 0.1) is 10.6 Å². The predicted octanol–water partition coefficient (Wildman–Crippen LogP) is 2.06. The van der Waals surface area contributed by atoms with Crippen LogP contribution in [0.1, 0.15) is 25.7 Å². The summed E-state index contributed by atoms with van der Waals surface area (Å²) in [5.41, 5.74) is 0.869. The van der Waals surface area contributed by atoms with Crippen molar-refractivity contribution in [3.05, 3.63) is 24.3 Å². The summed E-state index contributed by atoms with van der Waals surface area (Å²) in [6, 6.07) is 8.13. The maximum Gasteiger partial charge on any atom is 0.177 e. The van der Waals surface area contributed by atoms with Crippen LogP contribution < -0.4 is 10.2 Å². The molecule has 0 spiro atoms. The Morgan fingerprint density at radius 2 is 1.81 bits per heavy atom. The molecule has 0 bridgehead atoms. The molecule has 1 aromatic rings. The molecular weight excluding hydrogens is 284 g/mol. The molecule has 21 heavy (non-hydrogen) atoms. The van der Waals surface area contributed by atoms with E-state index < -0.39 is 9.84 Å². The molecule has 1 saturated heterocycles. The normalized spacial score (nSPS) is 20.7. The number of benzene rings is 1. The summed E-state index contributed by atoms with van der Waals surface area (Å²) < 4.78 is 23.8. The number of piperidine rings is 1. The van der Waals surface area contributed by atoms with Crippen LogP contribution in [0.15, 0.2) is 29.2 Å². The van der Waals surface area contributed by atoms with Crippen molar-refractivity contribution in [2.75, 3.05) is 30.8 Å². The van der Waals surface area contributed by atoms with Crippen molar-refractivity contribution in [1.29, 1.82) is 0 Å². The van der Waals surface area contributed by atoms with E-state index in [9.17, 15) is 8.42 Å². The minimum Gasteiger partial charge on any atom is -0.370 e. The zero-order valence-corrected chi connectivity index (χ0v) is 13.4. The van der Waals surface area contributed by atoms with E-state index in [1.165, 1.54) is 19.1 Å². The maximum atomic E-state index is 11.9. The average Bonchev–Trinajstić information content (AvgIpc) is 3.29. The second-order valence-electron chi connectivity index (χ2n) is 6.35. The molecule has 1 aliphatic heterocycles. The molecule has 3 rings (SSSR count). The molecule has 1 saturated carbocycles. The third-order valence-corrected chi connectivity index (χ3v) is 5.64. The van der Waals surface area contributed by atoms with Gasteiger partial charge in [0.25, 0.3) is 0 Å². The van der Waals surface area contributed by atoms with Crippen molar-refractivity contribution in [1.82, 2.24) is 5.32 Å². The number of hydrogen-bond acceptors (Lipinski definition) is 4. The highest BCUT2D eigenvalue weighted by atomic mass is 32.2. The summed E-state index contributed by atoms with van der Waals surface area (Å²) in [4.78, 5) is 2.68. The van der Waals surface area contributed by atoms with E-state index in [1.807, 2.05) is 12.1 Å². The third kappa shape index (κ3) is 3.77. The molecule has 5 heteroatoms. The molecule has 1 heterocycles. The van der Waals surface area contributed by atoms with Gasteiger partial charge in [-0.15, -0.1) is 0 Å². The molecule has 0 atom stereocenters. The Bertz CT molecular complexity index is 588. The quantitative estimate of drug-likeness (QED) is 0.904. The molecule has 116 valence electrons. The fourth-order valence-electron chi connectivity index (χ4n) is 3.03. The van der Waals surface area contributed by atoms with E-state index in [1.54, 1.807) is 12.1 Å². The standard InChI is InChI=1S/C16H24N2O2S/c1-21(19,20)16-5-3-2-4-15(16)18-10-8-13(9-11-18)12-17-14-6-7-14/h2-5,13-14,17H,6-12H2,1H3. The second-order valence-corrected chi connectivity index (χ2v) is 8.34. The molecule has 1 aromatic carbocycles. The summed E-state index contributed by atoms with van der Waals surface area (Å²) in [5, 5.41) is 3.60. The molecule has 4 nitrogen and oxygen atoms in total. The Labute approximate surface area is 127 Å². The molecule has 0 amide bonds. The lowest BCUT2D eigenvalue weighted by Crippen LogP contribution is -2.38. The minimum atomic E-state index is -3.16. The highest BCUT2D eigenvalue weighted by Crippen LogP contribution is 2.29. The molecule has 1 aliphatic carbocycles. The van der Waals surface area contributed by atoms with Gasteiger partial charge in [-0.25, -0.2) is 8.42 Å². The fraction of sp³-hybridized carbons (Fsp3) is 0.625. The van der Waals surface area contributed by atoms with Crippen molar-refractivity contribution >= 4 is 15.5 Å². The summed E-state index contributed by atoms with van der Waals surface area (Å²) in [6.07, 6.45) is 6.23. The molecule has 2 fully saturated rings. The monoisotopic (exact) mass is 308 g/mol. The van der Waals surface area contributed by atoms with Crippen LogP contribution in [0.5, 0.6) is 0 Å². The molecule has 0 unspecified atom stereocenters. The molecule has 2 aliphatic rings. The van der Waals surface area contributed by atoms with Crippen molar-refractivity contribution in [3.8, 4) is 0 Å². The minimum absolute atomic E-state index is 0.458. The Morgan fingerprint density at radius 3 is 2.43 bits per heavy atom. The SMILES string of the molecule is CS(=O)(=O)c1ccccc1N1CCC(CNC2CC2)CC1. The first kappa shape index (κ1) is 14.9. The molecule has 0 radical (unpaired) electrons. The van der Waals surface area contributed by atoms with Gasteiger partial charge in [0.15, 0.2) is 9.84 Å². The highest BCUT2D eigenvalue weighted by molar-refractivity contribution is 7.90. The van der Waals surface area contributed by atoms with Crippen LogP contribution in [-0.4, -0.2) is 40.3 Å². The van der Waals surface area contributed by atoms with Crippen LogP contribution in [0, 0.1) is 5.92 Å². The Kier molecular flexibility index (Phi) is 4.22. The van der Waals surface area contributed by atoms with Gasteiger partial charge in [-0.05, 0) is 50.3 Å². The van der Waals surface area contributed by atoms with Crippen LogP contribution in [0.3, 0.4) is 0 Å². The summed E-state index contributed by atoms with van der Waals surface area (Å²) in [5.74, 6) is 0.729. The van der Waals surface area contributed by atoms with E-state index in [-0.39, 0.29) is 0 Å². The van der Waals surface area contributed by atoms with Crippen LogP contribution in [-0.2, 0) is 9.84 Å². The first-order valence-corrected chi connectivity index (χ1v) is 9.70. The van der Waals surface area contributed by atoms with E-state index in [4.69, 9.17) is 0 Å². The van der Waals surface area contributed by atoms with Crippen molar-refractivity contribution in [3.63, 3.8) is 0 Å². The van der Waals surface area contributed by atoms with Gasteiger partial charge in [0, 0.05) is 25.4 Å². The van der Waals surface area contributed by atoms with E-state index in [0.717, 1.165) is 50.1 Å². The van der Waals surface area contributed by atoms with Crippen LogP contribution >= 0.6 is 0 Å². The number of rotatable bonds is 5. The van der Waals surface area contributed by atoms with Gasteiger partial charge in [-0.2, -0.15) is 0 Å². The van der Waals surface area contributed by atoms with Crippen molar-refractivity contribution < 1.29 is 8.42 Å². The Morgan fingerprint density at radius 1 is 1.14 bits per heavy atom. The van der Waals surface area contributed by atoms with Crippen LogP contribution in [0.4, 0.5) is 5.69 Å². The van der Waals surface area contributed by atoms with E-state index in [2.05, 4.69) is 10.2 Å². The topological polar surface area (TPSA) is 49.4 Å². The maximum absolute atomic E-state index is 11.9. The van der Waals surface area contributed by atoms with Crippen molar-refractivity contribution in [2.24, 2.45) is 5.92 Å². The number of hydrogen-bond donors (Lipinski definition) is 1. The number of nitrogens with one attached hydrogen (secondary N) is 1. The molecular formula is C16H24N2O2S. The molecule has 0 aromatic heterocycles. The third-order valence-electron chi connectivity index (χ3n) is 4.49. The van der Waals surface area contributed by atoms with Crippen molar-refractivity contribution in [2.45, 2.75) is 36.6 Å². The van der Waals surface area contributed by atoms with E-state index >= 15 is 0 Å². The predicted molar refractivity (Wildman–Crippen MR) is 85.5 cm³/mol. The van der Waals surface area contributed by atoms with E-state index in [0.29, 0.717) is 4.90 Å². The first-order chi connectivity index (χ1) is 10.0. The number of nitrogens with zero attached hydrogens (tertiary/aromatic N) is 1. The average molecular weight is 308 g/mol. The molecule has 1 N–H and O–H groups in total. The van der Waals surface area contributed by atoms with Gasteiger partial charge in [-0.1, -0.05) is 12.1 Å². The summed E-state index contributed by atoms with van der Waals surface area (Å²) in [7, 11) is -3.16. The van der Waals surface area contributed by atoms with Gasteiger partial charge in [-0.3, -0.25) is 0 Å². The number of sulfone groups is 1. The lowest BCUT2D eigenvalue weighted by atomic mass is 9.96. The van der Waals surface area contributed by atoms with Gasteiger partial charge in [0.1, 0.15) is 0 Å². The first-order valence-electron chi connectivity index (χ1n) is 7.81. The van der Waals surface area contributed by atoms with Gasteiger partial charge >= 0.3 is 0 Å². The Hall–Kier alpha value is -1.07. The number of anilines is 1. The van der Waals surface area contributed by atoms with Gasteiger partial charge in [0.2, 0.25) is 0 Å².